The average molecular weight is 261 g/mol. The van der Waals surface area contributed by atoms with Gasteiger partial charge in [0.2, 0.25) is 0 Å². The van der Waals surface area contributed by atoms with Gasteiger partial charge in [-0.2, -0.15) is 4.68 Å². The van der Waals surface area contributed by atoms with Crippen molar-refractivity contribution >= 4 is 5.97 Å². The van der Waals surface area contributed by atoms with Gasteiger partial charge >= 0.3 is 5.97 Å². The Bertz CT molecular complexity index is 565. The molecule has 0 amide bonds. The summed E-state index contributed by atoms with van der Waals surface area (Å²) in [5.41, 5.74) is -0.203. The first-order chi connectivity index (χ1) is 9.00. The minimum absolute atomic E-state index is 0.265. The van der Waals surface area contributed by atoms with Crippen LogP contribution in [0, 0.1) is 0 Å². The van der Waals surface area contributed by atoms with Gasteiger partial charge < -0.3 is 5.11 Å². The lowest BCUT2D eigenvalue weighted by molar-refractivity contribution is -0.143. The Morgan fingerprint density at radius 1 is 1.37 bits per heavy atom. The molecule has 0 aliphatic carbocycles. The van der Waals surface area contributed by atoms with Crippen LogP contribution in [0.1, 0.15) is 19.7 Å². The zero-order chi connectivity index (χ0) is 13.9. The first kappa shape index (κ1) is 13.2. The van der Waals surface area contributed by atoms with E-state index in [1.54, 1.807) is 18.5 Å². The number of aliphatic carboxylic acids is 1. The molecule has 0 radical (unpaired) electrons. The van der Waals surface area contributed by atoms with Crippen LogP contribution in [0.25, 0.3) is 5.69 Å². The fourth-order valence-corrected chi connectivity index (χ4v) is 1.46. The number of tetrazole rings is 1. The van der Waals surface area contributed by atoms with E-state index < -0.39 is 11.5 Å². The first-order valence-electron chi connectivity index (χ1n) is 5.82. The molecule has 2 rings (SSSR count). The molecule has 0 atom stereocenters. The molecule has 2 N–H and O–H groups in total. The lowest BCUT2D eigenvalue weighted by Crippen LogP contribution is -2.46. The van der Waals surface area contributed by atoms with Gasteiger partial charge in [-0.1, -0.05) is 18.2 Å². The highest BCUT2D eigenvalue weighted by Gasteiger charge is 2.26. The summed E-state index contributed by atoms with van der Waals surface area (Å²) in [6.07, 6.45) is 0. The third-order valence-corrected chi connectivity index (χ3v) is 2.76. The zero-order valence-corrected chi connectivity index (χ0v) is 10.7. The minimum Gasteiger partial charge on any atom is -0.480 e. The molecular formula is C12H15N5O2. The topological polar surface area (TPSA) is 92.9 Å². The highest BCUT2D eigenvalue weighted by molar-refractivity contribution is 5.77. The van der Waals surface area contributed by atoms with Crippen LogP contribution in [-0.4, -0.2) is 36.8 Å². The number of rotatable bonds is 5. The number of hydrogen-bond donors (Lipinski definition) is 2. The molecule has 100 valence electrons. The van der Waals surface area contributed by atoms with Crippen molar-refractivity contribution in [2.24, 2.45) is 0 Å². The Hall–Kier alpha value is -2.28. The predicted octanol–water partition coefficient (Wildman–Crippen LogP) is 0.615. The number of nitrogens with zero attached hydrogens (tertiary/aromatic N) is 4. The van der Waals surface area contributed by atoms with Gasteiger partial charge in [-0.3, -0.25) is 10.1 Å². The van der Waals surface area contributed by atoms with Crippen molar-refractivity contribution in [2.75, 3.05) is 0 Å². The number of aromatic nitrogens is 4. The van der Waals surface area contributed by atoms with Crippen LogP contribution in [0.2, 0.25) is 0 Å². The van der Waals surface area contributed by atoms with Gasteiger partial charge in [-0.15, -0.1) is 5.10 Å². The Kier molecular flexibility index (Phi) is 3.57. The second kappa shape index (κ2) is 5.15. The minimum atomic E-state index is -1.03. The number of carbonyl (C=O) groups is 1. The van der Waals surface area contributed by atoms with E-state index in [0.29, 0.717) is 5.82 Å². The summed E-state index contributed by atoms with van der Waals surface area (Å²) in [5, 5.41) is 23.4. The monoisotopic (exact) mass is 261 g/mol. The highest BCUT2D eigenvalue weighted by Crippen LogP contribution is 2.08. The molecule has 1 heterocycles. The van der Waals surface area contributed by atoms with Crippen LogP contribution in [0.5, 0.6) is 0 Å². The van der Waals surface area contributed by atoms with E-state index in [1.807, 2.05) is 30.3 Å². The van der Waals surface area contributed by atoms with Crippen molar-refractivity contribution in [3.63, 3.8) is 0 Å². The van der Waals surface area contributed by atoms with Gasteiger partial charge in [-0.25, -0.2) is 0 Å². The molecule has 1 aromatic heterocycles. The number of carboxylic acids is 1. The molecule has 0 unspecified atom stereocenters. The average Bonchev–Trinajstić information content (AvgIpc) is 2.85. The van der Waals surface area contributed by atoms with Crippen molar-refractivity contribution in [1.82, 2.24) is 25.5 Å². The summed E-state index contributed by atoms with van der Waals surface area (Å²) >= 11 is 0. The molecule has 0 saturated heterocycles. The lowest BCUT2D eigenvalue weighted by atomic mass is 10.1. The van der Waals surface area contributed by atoms with E-state index in [2.05, 4.69) is 20.8 Å². The van der Waals surface area contributed by atoms with E-state index in [-0.39, 0.29) is 6.54 Å². The van der Waals surface area contributed by atoms with Gasteiger partial charge in [-0.05, 0) is 36.4 Å². The summed E-state index contributed by atoms with van der Waals surface area (Å²) in [6, 6.07) is 9.43. The summed E-state index contributed by atoms with van der Waals surface area (Å²) < 4.78 is 1.57. The van der Waals surface area contributed by atoms with E-state index in [0.717, 1.165) is 5.69 Å². The van der Waals surface area contributed by atoms with E-state index >= 15 is 0 Å². The van der Waals surface area contributed by atoms with Crippen LogP contribution in [-0.2, 0) is 11.3 Å². The lowest BCUT2D eigenvalue weighted by Gasteiger charge is -2.20. The fraction of sp³-hybridized carbons (Fsp3) is 0.333. The highest BCUT2D eigenvalue weighted by atomic mass is 16.4. The Morgan fingerprint density at radius 2 is 2.05 bits per heavy atom. The van der Waals surface area contributed by atoms with Crippen LogP contribution in [0.4, 0.5) is 0 Å². The van der Waals surface area contributed by atoms with Crippen molar-refractivity contribution in [2.45, 2.75) is 25.9 Å². The van der Waals surface area contributed by atoms with Crippen molar-refractivity contribution in [1.29, 1.82) is 0 Å². The molecular weight excluding hydrogens is 246 g/mol. The van der Waals surface area contributed by atoms with Crippen LogP contribution >= 0.6 is 0 Å². The van der Waals surface area contributed by atoms with Gasteiger partial charge in [0, 0.05) is 0 Å². The SMILES string of the molecule is CC(C)(NCc1nnnn1-c1ccccc1)C(=O)O. The molecule has 19 heavy (non-hydrogen) atoms. The second-order valence-corrected chi connectivity index (χ2v) is 4.63. The summed E-state index contributed by atoms with van der Waals surface area (Å²) in [5.74, 6) is -0.369. The van der Waals surface area contributed by atoms with Crippen molar-refractivity contribution < 1.29 is 9.90 Å². The van der Waals surface area contributed by atoms with Crippen molar-refractivity contribution in [3.8, 4) is 5.69 Å². The molecule has 0 aliphatic heterocycles. The maximum atomic E-state index is 11.0. The molecule has 0 bridgehead atoms. The summed E-state index contributed by atoms with van der Waals surface area (Å²) in [6.45, 7) is 3.44. The first-order valence-corrected chi connectivity index (χ1v) is 5.82. The van der Waals surface area contributed by atoms with E-state index in [1.165, 1.54) is 0 Å². The standard InChI is InChI=1S/C12H15N5O2/c1-12(2,11(18)19)13-8-10-14-15-16-17(10)9-6-4-3-5-7-9/h3-7,13H,8H2,1-2H3,(H,18,19). The Balaban J connectivity index is 2.16. The predicted molar refractivity (Wildman–Crippen MR) is 67.7 cm³/mol. The molecule has 0 fully saturated rings. The smallest absolute Gasteiger partial charge is 0.323 e. The second-order valence-electron chi connectivity index (χ2n) is 4.63. The quantitative estimate of drug-likeness (QED) is 0.819. The van der Waals surface area contributed by atoms with E-state index in [4.69, 9.17) is 5.11 Å². The zero-order valence-electron chi connectivity index (χ0n) is 10.7. The normalized spacial score (nSPS) is 11.5. The Labute approximate surface area is 110 Å². The van der Waals surface area contributed by atoms with Crippen molar-refractivity contribution in [3.05, 3.63) is 36.2 Å². The van der Waals surface area contributed by atoms with Crippen LogP contribution < -0.4 is 5.32 Å². The number of benzene rings is 1. The van der Waals surface area contributed by atoms with Gasteiger partial charge in [0.1, 0.15) is 5.54 Å². The maximum absolute atomic E-state index is 11.0. The fourth-order valence-electron chi connectivity index (χ4n) is 1.46. The molecule has 7 heteroatoms. The van der Waals surface area contributed by atoms with Gasteiger partial charge in [0.05, 0.1) is 12.2 Å². The number of hydrogen-bond acceptors (Lipinski definition) is 5. The molecule has 0 saturated carbocycles. The van der Waals surface area contributed by atoms with Gasteiger partial charge in [0.15, 0.2) is 5.82 Å². The van der Waals surface area contributed by atoms with E-state index in [9.17, 15) is 4.79 Å². The maximum Gasteiger partial charge on any atom is 0.323 e. The Morgan fingerprint density at radius 3 is 2.68 bits per heavy atom. The van der Waals surface area contributed by atoms with Crippen LogP contribution in [0.15, 0.2) is 30.3 Å². The van der Waals surface area contributed by atoms with Crippen LogP contribution in [0.3, 0.4) is 0 Å². The number of nitrogens with one attached hydrogen (secondary N) is 1. The molecule has 1 aromatic carbocycles. The number of para-hydroxylation sites is 1. The summed E-state index contributed by atoms with van der Waals surface area (Å²) in [4.78, 5) is 11.0. The molecule has 7 nitrogen and oxygen atoms in total. The largest absolute Gasteiger partial charge is 0.480 e. The molecule has 0 aliphatic rings. The number of carboxylic acid groups (broad SMARTS) is 1. The molecule has 0 spiro atoms. The molecule has 2 aromatic rings. The third-order valence-electron chi connectivity index (χ3n) is 2.76. The summed E-state index contributed by atoms with van der Waals surface area (Å²) in [7, 11) is 0. The van der Waals surface area contributed by atoms with Gasteiger partial charge in [0.25, 0.3) is 0 Å². The third kappa shape index (κ3) is 2.94.